The Balaban J connectivity index is 1.52. The highest BCUT2D eigenvalue weighted by Crippen LogP contribution is 2.22. The number of carbonyl (C=O) groups excluding carboxylic acids is 2. The van der Waals surface area contributed by atoms with Gasteiger partial charge in [-0.2, -0.15) is 0 Å². The zero-order valence-corrected chi connectivity index (χ0v) is 21.3. The van der Waals surface area contributed by atoms with Crippen molar-refractivity contribution in [3.8, 4) is 0 Å². The van der Waals surface area contributed by atoms with Gasteiger partial charge in [-0.1, -0.05) is 92.4 Å². The molecule has 4 rings (SSSR count). The second-order valence-electron chi connectivity index (χ2n) is 9.55. The molecule has 1 aliphatic carbocycles. The smallest absolute Gasteiger partial charge is 0.243 e. The van der Waals surface area contributed by atoms with Crippen molar-refractivity contribution < 1.29 is 9.59 Å². The highest BCUT2D eigenvalue weighted by molar-refractivity contribution is 6.30. The van der Waals surface area contributed by atoms with Crippen LogP contribution in [0.4, 0.5) is 0 Å². The van der Waals surface area contributed by atoms with Gasteiger partial charge in [-0.15, -0.1) is 0 Å². The molecule has 1 saturated carbocycles. The summed E-state index contributed by atoms with van der Waals surface area (Å²) in [4.78, 5) is 28.8. The molecule has 35 heavy (non-hydrogen) atoms. The molecule has 3 aromatic rings. The van der Waals surface area contributed by atoms with Gasteiger partial charge >= 0.3 is 0 Å². The largest absolute Gasteiger partial charge is 0.352 e. The van der Waals surface area contributed by atoms with Crippen LogP contribution in [0.15, 0.2) is 66.7 Å². The highest BCUT2D eigenvalue weighted by atomic mass is 35.5. The summed E-state index contributed by atoms with van der Waals surface area (Å²) in [6, 6.07) is 21.7. The zero-order chi connectivity index (χ0) is 24.6. The summed E-state index contributed by atoms with van der Waals surface area (Å²) in [6.45, 7) is 2.38. The third-order valence-electron chi connectivity index (χ3n) is 7.09. The molecule has 3 aromatic carbocycles. The third kappa shape index (κ3) is 6.64. The van der Waals surface area contributed by atoms with Gasteiger partial charge in [-0.25, -0.2) is 0 Å². The molecule has 0 bridgehead atoms. The summed E-state index contributed by atoms with van der Waals surface area (Å²) in [7, 11) is 0. The van der Waals surface area contributed by atoms with Crippen LogP contribution in [0.2, 0.25) is 5.02 Å². The monoisotopic (exact) mass is 490 g/mol. The zero-order valence-electron chi connectivity index (χ0n) is 20.5. The first kappa shape index (κ1) is 25.2. The van der Waals surface area contributed by atoms with E-state index < -0.39 is 6.04 Å². The fourth-order valence-electron chi connectivity index (χ4n) is 5.15. The Morgan fingerprint density at radius 2 is 1.69 bits per heavy atom. The highest BCUT2D eigenvalue weighted by Gasteiger charge is 2.30. The SMILES string of the molecule is CC[C@@H](C(=O)NC1CCCCC1)N(Cc1ccc(Cl)cc1)C(=O)CCc1cccc2ccccc12. The van der Waals surface area contributed by atoms with E-state index in [9.17, 15) is 9.59 Å². The molecule has 0 aromatic heterocycles. The van der Waals surface area contributed by atoms with Crippen LogP contribution in [-0.4, -0.2) is 28.8 Å². The molecule has 0 saturated heterocycles. The van der Waals surface area contributed by atoms with Gasteiger partial charge in [0.15, 0.2) is 0 Å². The summed E-state index contributed by atoms with van der Waals surface area (Å²) in [5.41, 5.74) is 2.12. The number of carbonyl (C=O) groups is 2. The van der Waals surface area contributed by atoms with Gasteiger partial charge in [-0.3, -0.25) is 9.59 Å². The van der Waals surface area contributed by atoms with Crippen molar-refractivity contribution in [1.82, 2.24) is 10.2 Å². The fourth-order valence-corrected chi connectivity index (χ4v) is 5.27. The number of amides is 2. The van der Waals surface area contributed by atoms with E-state index in [0.717, 1.165) is 36.8 Å². The molecule has 1 N–H and O–H groups in total. The van der Waals surface area contributed by atoms with Crippen LogP contribution < -0.4 is 5.32 Å². The molecule has 1 fully saturated rings. The lowest BCUT2D eigenvalue weighted by Crippen LogP contribution is -2.51. The fraction of sp³-hybridized carbons (Fsp3) is 0.400. The van der Waals surface area contributed by atoms with Gasteiger partial charge in [0, 0.05) is 24.0 Å². The molecule has 0 spiro atoms. The Bertz CT molecular complexity index is 1130. The quantitative estimate of drug-likeness (QED) is 0.363. The molecule has 4 nitrogen and oxygen atoms in total. The summed E-state index contributed by atoms with van der Waals surface area (Å²) < 4.78 is 0. The number of hydrogen-bond acceptors (Lipinski definition) is 2. The molecule has 0 unspecified atom stereocenters. The van der Waals surface area contributed by atoms with Crippen LogP contribution in [-0.2, 0) is 22.6 Å². The molecule has 2 amide bonds. The molecule has 1 atom stereocenters. The van der Waals surface area contributed by atoms with E-state index in [1.54, 1.807) is 4.90 Å². The number of benzene rings is 3. The second kappa shape index (κ2) is 12.2. The topological polar surface area (TPSA) is 49.4 Å². The molecule has 0 heterocycles. The Morgan fingerprint density at radius 1 is 0.971 bits per heavy atom. The first-order chi connectivity index (χ1) is 17.0. The van der Waals surface area contributed by atoms with Crippen LogP contribution in [0.3, 0.4) is 0 Å². The molecule has 184 valence electrons. The lowest BCUT2D eigenvalue weighted by molar-refractivity contribution is -0.141. The number of aryl methyl sites for hydroxylation is 1. The van der Waals surface area contributed by atoms with E-state index in [1.807, 2.05) is 49.4 Å². The summed E-state index contributed by atoms with van der Waals surface area (Å²) in [5, 5.41) is 6.25. The minimum absolute atomic E-state index is 0.00136. The lowest BCUT2D eigenvalue weighted by atomic mass is 9.95. The van der Waals surface area contributed by atoms with Crippen molar-refractivity contribution in [2.24, 2.45) is 0 Å². The number of nitrogens with zero attached hydrogens (tertiary/aromatic N) is 1. The van der Waals surface area contributed by atoms with E-state index in [-0.39, 0.29) is 17.9 Å². The minimum Gasteiger partial charge on any atom is -0.352 e. The lowest BCUT2D eigenvalue weighted by Gasteiger charge is -2.33. The van der Waals surface area contributed by atoms with Gasteiger partial charge in [-0.05, 0) is 59.7 Å². The average molecular weight is 491 g/mol. The van der Waals surface area contributed by atoms with Gasteiger partial charge in [0.25, 0.3) is 0 Å². The third-order valence-corrected chi connectivity index (χ3v) is 7.34. The van der Waals surface area contributed by atoms with E-state index in [4.69, 9.17) is 11.6 Å². The molecule has 0 radical (unpaired) electrons. The first-order valence-corrected chi connectivity index (χ1v) is 13.2. The number of halogens is 1. The number of hydrogen-bond donors (Lipinski definition) is 1. The number of fused-ring (bicyclic) bond motifs is 1. The van der Waals surface area contributed by atoms with Crippen molar-refractivity contribution in [2.45, 2.75) is 76.9 Å². The van der Waals surface area contributed by atoms with Crippen LogP contribution >= 0.6 is 11.6 Å². The Morgan fingerprint density at radius 3 is 2.43 bits per heavy atom. The van der Waals surface area contributed by atoms with E-state index in [1.165, 1.54) is 17.2 Å². The van der Waals surface area contributed by atoms with Gasteiger partial charge in [0.1, 0.15) is 6.04 Å². The minimum atomic E-state index is -0.493. The molecule has 1 aliphatic rings. The predicted octanol–water partition coefficient (Wildman–Crippen LogP) is 6.68. The number of rotatable bonds is 9. The van der Waals surface area contributed by atoms with Crippen LogP contribution in [0.25, 0.3) is 10.8 Å². The van der Waals surface area contributed by atoms with E-state index in [2.05, 4.69) is 29.6 Å². The average Bonchev–Trinajstić information content (AvgIpc) is 2.89. The van der Waals surface area contributed by atoms with Crippen LogP contribution in [0.1, 0.15) is 63.0 Å². The standard InChI is InChI=1S/C30H35ClN2O2/c1-2-28(30(35)32-26-12-4-3-5-13-26)33(21-22-15-18-25(31)19-16-22)29(34)20-17-24-11-8-10-23-9-6-7-14-27(23)24/h6-11,14-16,18-19,26,28H,2-5,12-13,17,20-21H2,1H3,(H,32,35)/t28-/m0/s1. The van der Waals surface area contributed by atoms with Gasteiger partial charge in [0.05, 0.1) is 0 Å². The van der Waals surface area contributed by atoms with E-state index in [0.29, 0.717) is 30.8 Å². The maximum atomic E-state index is 13.6. The Labute approximate surface area is 213 Å². The summed E-state index contributed by atoms with van der Waals surface area (Å²) in [6.07, 6.45) is 7.15. The second-order valence-corrected chi connectivity index (χ2v) is 9.99. The molecule has 0 aliphatic heterocycles. The van der Waals surface area contributed by atoms with Crippen molar-refractivity contribution in [1.29, 1.82) is 0 Å². The maximum absolute atomic E-state index is 13.6. The Kier molecular flexibility index (Phi) is 8.81. The van der Waals surface area contributed by atoms with Crippen molar-refractivity contribution in [2.75, 3.05) is 0 Å². The predicted molar refractivity (Wildman–Crippen MR) is 143 cm³/mol. The molecule has 5 heteroatoms. The summed E-state index contributed by atoms with van der Waals surface area (Å²) >= 11 is 6.08. The number of nitrogens with one attached hydrogen (secondary N) is 1. The van der Waals surface area contributed by atoms with Crippen molar-refractivity contribution in [3.63, 3.8) is 0 Å². The first-order valence-electron chi connectivity index (χ1n) is 12.9. The maximum Gasteiger partial charge on any atom is 0.243 e. The Hall–Kier alpha value is -2.85. The van der Waals surface area contributed by atoms with Crippen LogP contribution in [0.5, 0.6) is 0 Å². The van der Waals surface area contributed by atoms with Gasteiger partial charge < -0.3 is 10.2 Å². The molecular formula is C30H35ClN2O2. The molecular weight excluding hydrogens is 456 g/mol. The van der Waals surface area contributed by atoms with Crippen LogP contribution in [0, 0.1) is 0 Å². The van der Waals surface area contributed by atoms with Crippen molar-refractivity contribution >= 4 is 34.2 Å². The normalized spacial score (nSPS) is 15.0. The van der Waals surface area contributed by atoms with Gasteiger partial charge in [0.2, 0.25) is 11.8 Å². The van der Waals surface area contributed by atoms with Crippen molar-refractivity contribution in [3.05, 3.63) is 82.9 Å². The summed E-state index contributed by atoms with van der Waals surface area (Å²) in [5.74, 6) is -0.0367. The van der Waals surface area contributed by atoms with E-state index >= 15 is 0 Å².